The second-order valence-corrected chi connectivity index (χ2v) is 4.54. The summed E-state index contributed by atoms with van der Waals surface area (Å²) in [7, 11) is 0. The van der Waals surface area contributed by atoms with Crippen LogP contribution in [0, 0.1) is 0 Å². The third-order valence-corrected chi connectivity index (χ3v) is 2.29. The minimum atomic E-state index is 0.560. The molecule has 0 atom stereocenters. The third kappa shape index (κ3) is 3.63. The predicted molar refractivity (Wildman–Crippen MR) is 57.2 cm³/mol. The molecule has 0 aliphatic heterocycles. The van der Waals surface area contributed by atoms with Gasteiger partial charge in [0.15, 0.2) is 0 Å². The van der Waals surface area contributed by atoms with Crippen LogP contribution in [0.3, 0.4) is 0 Å². The van der Waals surface area contributed by atoms with Crippen LogP contribution >= 0.6 is 11.8 Å². The van der Waals surface area contributed by atoms with Gasteiger partial charge in [0, 0.05) is 17.9 Å². The first kappa shape index (κ1) is 10.3. The standard InChI is InChI=1S/C9H15N3S/c1-4-10-8-5-9(12-6-11-8)13-7(2)3/h5-7H,4H2,1-3H3,(H,10,11,12). The highest BCUT2D eigenvalue weighted by Crippen LogP contribution is 2.21. The van der Waals surface area contributed by atoms with Crippen molar-refractivity contribution in [2.45, 2.75) is 31.0 Å². The lowest BCUT2D eigenvalue weighted by atomic mass is 10.5. The number of rotatable bonds is 4. The van der Waals surface area contributed by atoms with Gasteiger partial charge in [0.25, 0.3) is 0 Å². The Balaban J connectivity index is 2.67. The van der Waals surface area contributed by atoms with Crippen molar-refractivity contribution in [2.75, 3.05) is 11.9 Å². The summed E-state index contributed by atoms with van der Waals surface area (Å²) in [5.41, 5.74) is 0. The van der Waals surface area contributed by atoms with Crippen molar-refractivity contribution in [3.05, 3.63) is 12.4 Å². The first-order valence-corrected chi connectivity index (χ1v) is 5.33. The highest BCUT2D eigenvalue weighted by atomic mass is 32.2. The van der Waals surface area contributed by atoms with Crippen LogP contribution in [0.5, 0.6) is 0 Å². The number of thioether (sulfide) groups is 1. The minimum Gasteiger partial charge on any atom is -0.370 e. The van der Waals surface area contributed by atoms with Crippen LogP contribution in [0.15, 0.2) is 17.4 Å². The molecule has 13 heavy (non-hydrogen) atoms. The van der Waals surface area contributed by atoms with Gasteiger partial charge >= 0.3 is 0 Å². The van der Waals surface area contributed by atoms with Gasteiger partial charge in [0.2, 0.25) is 0 Å². The average molecular weight is 197 g/mol. The molecule has 0 aliphatic rings. The molecule has 0 amide bonds. The van der Waals surface area contributed by atoms with Gasteiger partial charge in [-0.3, -0.25) is 0 Å². The molecule has 0 spiro atoms. The molecule has 0 saturated heterocycles. The summed E-state index contributed by atoms with van der Waals surface area (Å²) in [5, 5.41) is 4.74. The van der Waals surface area contributed by atoms with Gasteiger partial charge in [-0.05, 0) is 6.92 Å². The van der Waals surface area contributed by atoms with Gasteiger partial charge in [-0.1, -0.05) is 13.8 Å². The van der Waals surface area contributed by atoms with Crippen LogP contribution in [0.25, 0.3) is 0 Å². The summed E-state index contributed by atoms with van der Waals surface area (Å²) in [6.07, 6.45) is 1.60. The monoisotopic (exact) mass is 197 g/mol. The van der Waals surface area contributed by atoms with Crippen molar-refractivity contribution in [2.24, 2.45) is 0 Å². The van der Waals surface area contributed by atoms with Crippen molar-refractivity contribution in [1.29, 1.82) is 0 Å². The molecule has 1 N–H and O–H groups in total. The molecule has 1 aromatic rings. The average Bonchev–Trinajstić information content (AvgIpc) is 2.04. The summed E-state index contributed by atoms with van der Waals surface area (Å²) in [4.78, 5) is 8.27. The van der Waals surface area contributed by atoms with Crippen LogP contribution in [0.2, 0.25) is 0 Å². The number of hydrogen-bond donors (Lipinski definition) is 1. The molecule has 4 heteroatoms. The fourth-order valence-corrected chi connectivity index (χ4v) is 1.69. The summed E-state index contributed by atoms with van der Waals surface area (Å²) < 4.78 is 0. The van der Waals surface area contributed by atoms with Crippen molar-refractivity contribution in [3.8, 4) is 0 Å². The Bertz CT molecular complexity index is 263. The smallest absolute Gasteiger partial charge is 0.130 e. The summed E-state index contributed by atoms with van der Waals surface area (Å²) in [5.74, 6) is 0.903. The van der Waals surface area contributed by atoms with E-state index >= 15 is 0 Å². The van der Waals surface area contributed by atoms with Gasteiger partial charge in [0.1, 0.15) is 17.2 Å². The minimum absolute atomic E-state index is 0.560. The van der Waals surface area contributed by atoms with Gasteiger partial charge in [0.05, 0.1) is 0 Å². The maximum absolute atomic E-state index is 4.17. The molecule has 0 aromatic carbocycles. The SMILES string of the molecule is CCNc1cc(SC(C)C)ncn1. The second-order valence-electron chi connectivity index (χ2n) is 2.94. The van der Waals surface area contributed by atoms with E-state index in [0.717, 1.165) is 17.4 Å². The summed E-state index contributed by atoms with van der Waals surface area (Å²) in [6.45, 7) is 7.25. The van der Waals surface area contributed by atoms with E-state index in [9.17, 15) is 0 Å². The largest absolute Gasteiger partial charge is 0.370 e. The lowest BCUT2D eigenvalue weighted by molar-refractivity contribution is 1.01. The van der Waals surface area contributed by atoms with E-state index in [0.29, 0.717) is 5.25 Å². The maximum atomic E-state index is 4.17. The topological polar surface area (TPSA) is 37.8 Å². The van der Waals surface area contributed by atoms with Crippen LogP contribution in [0.1, 0.15) is 20.8 Å². The quantitative estimate of drug-likeness (QED) is 0.594. The van der Waals surface area contributed by atoms with Crippen molar-refractivity contribution >= 4 is 17.6 Å². The van der Waals surface area contributed by atoms with Crippen molar-refractivity contribution in [3.63, 3.8) is 0 Å². The Morgan fingerprint density at radius 1 is 1.46 bits per heavy atom. The molecular formula is C9H15N3S. The Labute approximate surface area is 83.4 Å². The fourth-order valence-electron chi connectivity index (χ4n) is 0.923. The van der Waals surface area contributed by atoms with Crippen LogP contribution in [-0.2, 0) is 0 Å². The van der Waals surface area contributed by atoms with E-state index in [-0.39, 0.29) is 0 Å². The van der Waals surface area contributed by atoms with E-state index in [1.165, 1.54) is 0 Å². The Hall–Kier alpha value is -0.770. The zero-order valence-corrected chi connectivity index (χ0v) is 9.06. The fraction of sp³-hybridized carbons (Fsp3) is 0.556. The Morgan fingerprint density at radius 2 is 2.23 bits per heavy atom. The Kier molecular flexibility index (Phi) is 4.02. The van der Waals surface area contributed by atoms with E-state index in [1.807, 2.05) is 6.07 Å². The molecule has 0 unspecified atom stereocenters. The van der Waals surface area contributed by atoms with Crippen molar-refractivity contribution in [1.82, 2.24) is 9.97 Å². The summed E-state index contributed by atoms with van der Waals surface area (Å²) >= 11 is 1.75. The first-order chi connectivity index (χ1) is 6.22. The number of aromatic nitrogens is 2. The molecule has 1 aromatic heterocycles. The second kappa shape index (κ2) is 5.07. The number of anilines is 1. The van der Waals surface area contributed by atoms with Gasteiger partial charge in [-0.2, -0.15) is 0 Å². The highest BCUT2D eigenvalue weighted by Gasteiger charge is 2.00. The van der Waals surface area contributed by atoms with Crippen LogP contribution in [0.4, 0.5) is 5.82 Å². The zero-order chi connectivity index (χ0) is 9.68. The van der Waals surface area contributed by atoms with E-state index < -0.39 is 0 Å². The lowest BCUT2D eigenvalue weighted by Crippen LogP contribution is -2.00. The summed E-state index contributed by atoms with van der Waals surface area (Å²) in [6, 6.07) is 1.98. The zero-order valence-electron chi connectivity index (χ0n) is 8.24. The molecule has 0 bridgehead atoms. The lowest BCUT2D eigenvalue weighted by Gasteiger charge is -2.05. The Morgan fingerprint density at radius 3 is 2.85 bits per heavy atom. The van der Waals surface area contributed by atoms with Crippen LogP contribution < -0.4 is 5.32 Å². The third-order valence-electron chi connectivity index (χ3n) is 1.36. The van der Waals surface area contributed by atoms with E-state index in [2.05, 4.69) is 36.1 Å². The van der Waals surface area contributed by atoms with E-state index in [4.69, 9.17) is 0 Å². The van der Waals surface area contributed by atoms with Crippen LogP contribution in [-0.4, -0.2) is 21.8 Å². The highest BCUT2D eigenvalue weighted by molar-refractivity contribution is 7.99. The van der Waals surface area contributed by atoms with Gasteiger partial charge in [-0.25, -0.2) is 9.97 Å². The first-order valence-electron chi connectivity index (χ1n) is 4.45. The molecule has 0 saturated carbocycles. The molecule has 0 aliphatic carbocycles. The predicted octanol–water partition coefficient (Wildman–Crippen LogP) is 2.41. The number of hydrogen-bond acceptors (Lipinski definition) is 4. The molecule has 0 fully saturated rings. The van der Waals surface area contributed by atoms with Gasteiger partial charge in [-0.15, -0.1) is 11.8 Å². The van der Waals surface area contributed by atoms with Gasteiger partial charge < -0.3 is 5.32 Å². The maximum Gasteiger partial charge on any atom is 0.130 e. The number of nitrogens with one attached hydrogen (secondary N) is 1. The molecule has 0 radical (unpaired) electrons. The molecular weight excluding hydrogens is 182 g/mol. The van der Waals surface area contributed by atoms with Crippen molar-refractivity contribution < 1.29 is 0 Å². The molecule has 1 rings (SSSR count). The molecule has 1 heterocycles. The molecule has 72 valence electrons. The normalized spacial score (nSPS) is 10.5. The molecule has 3 nitrogen and oxygen atoms in total. The number of nitrogens with zero attached hydrogens (tertiary/aromatic N) is 2. The van der Waals surface area contributed by atoms with E-state index in [1.54, 1.807) is 18.1 Å².